The number of aromatic nitrogens is 1. The van der Waals surface area contributed by atoms with E-state index >= 15 is 0 Å². The Hall–Kier alpha value is -1.91. The summed E-state index contributed by atoms with van der Waals surface area (Å²) >= 11 is 3.08. The second kappa shape index (κ2) is 6.90. The van der Waals surface area contributed by atoms with Gasteiger partial charge in [-0.15, -0.1) is 11.3 Å². The third-order valence-electron chi connectivity index (χ3n) is 3.25. The number of hydrogen-bond donors (Lipinski definition) is 0. The number of ketones is 1. The van der Waals surface area contributed by atoms with E-state index in [0.29, 0.717) is 5.75 Å². The quantitative estimate of drug-likeness (QED) is 0.483. The Morgan fingerprint density at radius 3 is 2.55 bits per heavy atom. The Morgan fingerprint density at radius 2 is 1.82 bits per heavy atom. The van der Waals surface area contributed by atoms with Crippen LogP contribution < -0.4 is 0 Å². The fourth-order valence-electron chi connectivity index (χ4n) is 2.02. The van der Waals surface area contributed by atoms with Gasteiger partial charge >= 0.3 is 0 Å². The first kappa shape index (κ1) is 15.0. The number of nitrogens with zero attached hydrogens (tertiary/aromatic N) is 1. The average molecular weight is 325 g/mol. The lowest BCUT2D eigenvalue weighted by Crippen LogP contribution is -2.01. The van der Waals surface area contributed by atoms with E-state index in [2.05, 4.69) is 4.98 Å². The highest BCUT2D eigenvalue weighted by atomic mass is 32.2. The van der Waals surface area contributed by atoms with Gasteiger partial charge < -0.3 is 0 Å². The molecule has 1 aromatic heterocycles. The third kappa shape index (κ3) is 3.64. The molecule has 4 heteroatoms. The number of aryl methyl sites for hydroxylation is 1. The number of thioether (sulfide) groups is 1. The predicted molar refractivity (Wildman–Crippen MR) is 93.8 cm³/mol. The van der Waals surface area contributed by atoms with Crippen LogP contribution in [0.4, 0.5) is 0 Å². The van der Waals surface area contributed by atoms with Crippen molar-refractivity contribution in [1.29, 1.82) is 0 Å². The highest BCUT2D eigenvalue weighted by molar-refractivity contribution is 8.01. The minimum Gasteiger partial charge on any atom is -0.293 e. The van der Waals surface area contributed by atoms with Gasteiger partial charge in [-0.05, 0) is 6.92 Å². The average Bonchev–Trinajstić information content (AvgIpc) is 3.03. The Balaban J connectivity index is 1.64. The number of benzene rings is 2. The zero-order valence-electron chi connectivity index (χ0n) is 12.2. The van der Waals surface area contributed by atoms with Gasteiger partial charge in [0.1, 0.15) is 0 Å². The first-order valence-electron chi connectivity index (χ1n) is 6.96. The molecule has 0 saturated carbocycles. The molecule has 0 atom stereocenters. The van der Waals surface area contributed by atoms with E-state index in [4.69, 9.17) is 0 Å². The van der Waals surface area contributed by atoms with Crippen LogP contribution in [0.5, 0.6) is 0 Å². The lowest BCUT2D eigenvalue weighted by molar-refractivity contribution is 0.102. The Kier molecular flexibility index (Phi) is 4.71. The summed E-state index contributed by atoms with van der Waals surface area (Å²) < 4.78 is 0.930. The van der Waals surface area contributed by atoms with Gasteiger partial charge in [0.2, 0.25) is 0 Å². The van der Waals surface area contributed by atoms with Crippen LogP contribution in [0.2, 0.25) is 0 Å². The molecule has 0 unspecified atom stereocenters. The summed E-state index contributed by atoms with van der Waals surface area (Å²) in [6.07, 6.45) is 0. The van der Waals surface area contributed by atoms with Gasteiger partial charge in [-0.1, -0.05) is 71.9 Å². The van der Waals surface area contributed by atoms with Crippen LogP contribution in [0.1, 0.15) is 15.9 Å². The second-order valence-corrected chi connectivity index (χ2v) is 7.02. The third-order valence-corrected chi connectivity index (χ3v) is 5.27. The monoisotopic (exact) mass is 325 g/mol. The molecule has 0 N–H and O–H groups in total. The molecule has 0 saturated heterocycles. The van der Waals surface area contributed by atoms with E-state index in [1.165, 1.54) is 11.8 Å². The molecule has 3 aromatic rings. The molecule has 0 bridgehead atoms. The summed E-state index contributed by atoms with van der Waals surface area (Å²) in [6, 6.07) is 17.8. The molecule has 0 spiro atoms. The number of rotatable bonds is 5. The zero-order chi connectivity index (χ0) is 15.4. The van der Waals surface area contributed by atoms with Crippen molar-refractivity contribution in [2.75, 3.05) is 5.75 Å². The molecular formula is C18H15NOS2. The van der Waals surface area contributed by atoms with Gasteiger partial charge in [0.15, 0.2) is 10.1 Å². The van der Waals surface area contributed by atoms with E-state index in [1.807, 2.05) is 66.9 Å². The van der Waals surface area contributed by atoms with Crippen molar-refractivity contribution in [3.63, 3.8) is 0 Å². The molecule has 0 amide bonds. The summed E-state index contributed by atoms with van der Waals surface area (Å²) in [5.74, 6) is 0.562. The molecule has 0 aliphatic heterocycles. The molecule has 22 heavy (non-hydrogen) atoms. The van der Waals surface area contributed by atoms with Crippen LogP contribution in [0.25, 0.3) is 11.3 Å². The van der Waals surface area contributed by atoms with Crippen molar-refractivity contribution in [3.05, 3.63) is 71.1 Å². The predicted octanol–water partition coefficient (Wildman–Crippen LogP) is 5.09. The largest absolute Gasteiger partial charge is 0.293 e. The minimum atomic E-state index is 0.140. The second-order valence-electron chi connectivity index (χ2n) is 4.94. The molecule has 0 aliphatic rings. The van der Waals surface area contributed by atoms with E-state index in [1.54, 1.807) is 11.3 Å². The van der Waals surface area contributed by atoms with Gasteiger partial charge in [-0.3, -0.25) is 4.79 Å². The lowest BCUT2D eigenvalue weighted by Gasteiger charge is -2.00. The van der Waals surface area contributed by atoms with Gasteiger partial charge in [-0.25, -0.2) is 4.98 Å². The molecule has 3 rings (SSSR count). The first-order valence-corrected chi connectivity index (χ1v) is 8.82. The summed E-state index contributed by atoms with van der Waals surface area (Å²) in [5, 5.41) is 2.04. The van der Waals surface area contributed by atoms with Crippen LogP contribution in [-0.2, 0) is 0 Å². The topological polar surface area (TPSA) is 30.0 Å². The molecule has 0 fully saturated rings. The number of hydrogen-bond acceptors (Lipinski definition) is 4. The number of carbonyl (C=O) groups excluding carboxylic acids is 1. The van der Waals surface area contributed by atoms with Gasteiger partial charge in [0.05, 0.1) is 11.4 Å². The molecule has 1 heterocycles. The SMILES string of the molecule is Cc1ccc(C(=O)CSc2nc(-c3ccccc3)cs2)cc1. The van der Waals surface area contributed by atoms with E-state index in [9.17, 15) is 4.79 Å². The Morgan fingerprint density at radius 1 is 1.09 bits per heavy atom. The van der Waals surface area contributed by atoms with Crippen molar-refractivity contribution in [1.82, 2.24) is 4.98 Å². The maximum atomic E-state index is 12.2. The number of thiazole rings is 1. The maximum Gasteiger partial charge on any atom is 0.173 e. The first-order chi connectivity index (χ1) is 10.7. The van der Waals surface area contributed by atoms with Crippen LogP contribution in [0, 0.1) is 6.92 Å². The Bertz CT molecular complexity index is 763. The normalized spacial score (nSPS) is 10.6. The van der Waals surface area contributed by atoms with Crippen molar-refractivity contribution in [2.24, 2.45) is 0 Å². The highest BCUT2D eigenvalue weighted by Crippen LogP contribution is 2.28. The Labute approximate surface area is 138 Å². The lowest BCUT2D eigenvalue weighted by atomic mass is 10.1. The van der Waals surface area contributed by atoms with Crippen molar-refractivity contribution in [3.8, 4) is 11.3 Å². The van der Waals surface area contributed by atoms with Crippen molar-refractivity contribution >= 4 is 28.9 Å². The maximum absolute atomic E-state index is 12.2. The fourth-order valence-corrected chi connectivity index (χ4v) is 3.74. The van der Waals surface area contributed by atoms with E-state index in [-0.39, 0.29) is 5.78 Å². The summed E-state index contributed by atoms with van der Waals surface area (Å²) in [5.41, 5.74) is 4.00. The van der Waals surface area contributed by atoms with Gasteiger partial charge in [0.25, 0.3) is 0 Å². The molecule has 0 radical (unpaired) electrons. The van der Waals surface area contributed by atoms with Gasteiger partial charge in [0, 0.05) is 16.5 Å². The number of Topliss-reactive ketones (excluding diaryl/α,β-unsaturated/α-hetero) is 1. The molecular weight excluding hydrogens is 310 g/mol. The molecule has 0 aliphatic carbocycles. The number of carbonyl (C=O) groups is 1. The summed E-state index contributed by atoms with van der Waals surface area (Å²) in [7, 11) is 0. The molecule has 110 valence electrons. The fraction of sp³-hybridized carbons (Fsp3) is 0.111. The van der Waals surface area contributed by atoms with Crippen LogP contribution in [0.3, 0.4) is 0 Å². The van der Waals surface area contributed by atoms with E-state index < -0.39 is 0 Å². The van der Waals surface area contributed by atoms with Crippen molar-refractivity contribution < 1.29 is 4.79 Å². The zero-order valence-corrected chi connectivity index (χ0v) is 13.8. The molecule has 2 nitrogen and oxygen atoms in total. The summed E-state index contributed by atoms with van der Waals surface area (Å²) in [4.78, 5) is 16.8. The highest BCUT2D eigenvalue weighted by Gasteiger charge is 2.09. The standard InChI is InChI=1S/C18H15NOS2/c1-13-7-9-15(10-8-13)17(20)12-22-18-19-16(11-21-18)14-5-3-2-4-6-14/h2-11H,12H2,1H3. The van der Waals surface area contributed by atoms with Crippen LogP contribution in [-0.4, -0.2) is 16.5 Å². The van der Waals surface area contributed by atoms with Crippen LogP contribution >= 0.6 is 23.1 Å². The summed E-state index contributed by atoms with van der Waals surface area (Å²) in [6.45, 7) is 2.02. The molecule has 2 aromatic carbocycles. The van der Waals surface area contributed by atoms with Gasteiger partial charge in [-0.2, -0.15) is 0 Å². The van der Waals surface area contributed by atoms with Crippen molar-refractivity contribution in [2.45, 2.75) is 11.3 Å². The smallest absolute Gasteiger partial charge is 0.173 e. The van der Waals surface area contributed by atoms with Crippen LogP contribution in [0.15, 0.2) is 64.3 Å². The van der Waals surface area contributed by atoms with E-state index in [0.717, 1.165) is 26.7 Å². The minimum absolute atomic E-state index is 0.140.